The Labute approximate surface area is 212 Å². The summed E-state index contributed by atoms with van der Waals surface area (Å²) in [7, 11) is 1.35. The van der Waals surface area contributed by atoms with Gasteiger partial charge >= 0.3 is 5.97 Å². The number of aryl methyl sites for hydroxylation is 1. The SMILES string of the molecule is COC(=O)C(CCSC)NC(=O)c1ccc(CNCCN2CCOCC2)cc1-c1ccccc1C. The van der Waals surface area contributed by atoms with E-state index in [2.05, 4.69) is 21.6 Å². The maximum absolute atomic E-state index is 13.3. The van der Waals surface area contributed by atoms with Crippen LogP contribution in [0.5, 0.6) is 0 Å². The summed E-state index contributed by atoms with van der Waals surface area (Å²) in [5.74, 6) is 0.0530. The van der Waals surface area contributed by atoms with Crippen LogP contribution in [0.1, 0.15) is 27.9 Å². The molecule has 2 aromatic rings. The summed E-state index contributed by atoms with van der Waals surface area (Å²) < 4.78 is 10.3. The van der Waals surface area contributed by atoms with Crippen molar-refractivity contribution in [3.63, 3.8) is 0 Å². The second-order valence-corrected chi connectivity index (χ2v) is 9.64. The van der Waals surface area contributed by atoms with Crippen LogP contribution in [-0.2, 0) is 20.8 Å². The zero-order chi connectivity index (χ0) is 25.0. The average Bonchev–Trinajstić information content (AvgIpc) is 2.89. The van der Waals surface area contributed by atoms with Crippen molar-refractivity contribution in [1.29, 1.82) is 0 Å². The van der Waals surface area contributed by atoms with Gasteiger partial charge in [-0.3, -0.25) is 9.69 Å². The highest BCUT2D eigenvalue weighted by atomic mass is 32.2. The highest BCUT2D eigenvalue weighted by Crippen LogP contribution is 2.28. The first-order valence-electron chi connectivity index (χ1n) is 12.1. The molecule has 1 aliphatic rings. The van der Waals surface area contributed by atoms with Crippen LogP contribution in [0.25, 0.3) is 11.1 Å². The molecule has 0 saturated carbocycles. The first-order chi connectivity index (χ1) is 17.0. The Balaban J connectivity index is 1.76. The normalized spacial score (nSPS) is 14.9. The molecule has 2 N–H and O–H groups in total. The van der Waals surface area contributed by atoms with E-state index in [1.54, 1.807) is 11.8 Å². The summed E-state index contributed by atoms with van der Waals surface area (Å²) in [6.45, 7) is 8.19. The Hall–Kier alpha value is -2.39. The Kier molecular flexibility index (Phi) is 11.1. The van der Waals surface area contributed by atoms with E-state index in [0.717, 1.165) is 67.4 Å². The maximum atomic E-state index is 13.3. The van der Waals surface area contributed by atoms with E-state index in [9.17, 15) is 9.59 Å². The molecule has 1 fully saturated rings. The molecule has 190 valence electrons. The van der Waals surface area contributed by atoms with Crippen LogP contribution < -0.4 is 10.6 Å². The van der Waals surface area contributed by atoms with Crippen molar-refractivity contribution in [2.24, 2.45) is 0 Å². The van der Waals surface area contributed by atoms with Gasteiger partial charge < -0.3 is 20.1 Å². The van der Waals surface area contributed by atoms with E-state index in [1.165, 1.54) is 7.11 Å². The highest BCUT2D eigenvalue weighted by Gasteiger charge is 2.24. The van der Waals surface area contributed by atoms with Crippen molar-refractivity contribution in [2.75, 3.05) is 58.5 Å². The molecule has 1 heterocycles. The lowest BCUT2D eigenvalue weighted by Crippen LogP contribution is -2.42. The summed E-state index contributed by atoms with van der Waals surface area (Å²) in [4.78, 5) is 28.0. The van der Waals surface area contributed by atoms with Crippen LogP contribution in [0.4, 0.5) is 0 Å². The number of carbonyl (C=O) groups is 2. The smallest absolute Gasteiger partial charge is 0.328 e. The summed E-state index contributed by atoms with van der Waals surface area (Å²) >= 11 is 1.63. The fourth-order valence-corrected chi connectivity index (χ4v) is 4.63. The molecule has 0 aromatic heterocycles. The maximum Gasteiger partial charge on any atom is 0.328 e. The average molecular weight is 500 g/mol. The molecule has 7 nitrogen and oxygen atoms in total. The number of benzene rings is 2. The van der Waals surface area contributed by atoms with Gasteiger partial charge in [-0.15, -0.1) is 0 Å². The third-order valence-corrected chi connectivity index (χ3v) is 6.85. The van der Waals surface area contributed by atoms with Crippen molar-refractivity contribution in [1.82, 2.24) is 15.5 Å². The number of rotatable bonds is 12. The minimum absolute atomic E-state index is 0.272. The number of methoxy groups -OCH3 is 1. The van der Waals surface area contributed by atoms with Crippen molar-refractivity contribution in [3.05, 3.63) is 59.2 Å². The molecule has 1 aliphatic heterocycles. The van der Waals surface area contributed by atoms with E-state index >= 15 is 0 Å². The molecule has 0 spiro atoms. The molecule has 0 radical (unpaired) electrons. The standard InChI is InChI=1S/C27H37N3O4S/c1-20-6-4-5-7-22(20)24-18-21(19-28-11-12-30-13-15-34-16-14-30)8-9-23(24)26(31)29-25(10-17-35-3)27(32)33-2/h4-9,18,25,28H,10-17,19H2,1-3H3,(H,29,31). The predicted octanol–water partition coefficient (Wildman–Crippen LogP) is 3.11. The molecule has 1 amide bonds. The monoisotopic (exact) mass is 499 g/mol. The molecular formula is C27H37N3O4S. The van der Waals surface area contributed by atoms with Crippen LogP contribution in [0.15, 0.2) is 42.5 Å². The van der Waals surface area contributed by atoms with Crippen LogP contribution >= 0.6 is 11.8 Å². The molecular weight excluding hydrogens is 462 g/mol. The van der Waals surface area contributed by atoms with Crippen molar-refractivity contribution in [3.8, 4) is 11.1 Å². The van der Waals surface area contributed by atoms with Gasteiger partial charge in [-0.2, -0.15) is 11.8 Å². The van der Waals surface area contributed by atoms with Gasteiger partial charge in [-0.25, -0.2) is 4.79 Å². The highest BCUT2D eigenvalue weighted by molar-refractivity contribution is 7.98. The number of ether oxygens (including phenoxy) is 2. The van der Waals surface area contributed by atoms with Gasteiger partial charge in [-0.1, -0.05) is 30.3 Å². The molecule has 8 heteroatoms. The summed E-state index contributed by atoms with van der Waals surface area (Å²) in [5, 5.41) is 6.42. The third-order valence-electron chi connectivity index (χ3n) is 6.20. The molecule has 1 atom stereocenters. The minimum Gasteiger partial charge on any atom is -0.467 e. The van der Waals surface area contributed by atoms with Crippen molar-refractivity contribution < 1.29 is 19.1 Å². The van der Waals surface area contributed by atoms with Gasteiger partial charge in [0, 0.05) is 38.3 Å². The zero-order valence-electron chi connectivity index (χ0n) is 21.0. The van der Waals surface area contributed by atoms with Gasteiger partial charge in [0.15, 0.2) is 0 Å². The Bertz CT molecular complexity index is 979. The van der Waals surface area contributed by atoms with E-state index in [-0.39, 0.29) is 5.91 Å². The molecule has 0 aliphatic carbocycles. The number of carbonyl (C=O) groups excluding carboxylic acids is 2. The number of hydrogen-bond donors (Lipinski definition) is 2. The number of thioether (sulfide) groups is 1. The molecule has 35 heavy (non-hydrogen) atoms. The first-order valence-corrected chi connectivity index (χ1v) is 13.5. The number of amides is 1. The van der Waals surface area contributed by atoms with Crippen molar-refractivity contribution in [2.45, 2.75) is 25.9 Å². The molecule has 3 rings (SSSR count). The first kappa shape index (κ1) is 27.2. The number of esters is 1. The van der Waals surface area contributed by atoms with Crippen LogP contribution in [0.2, 0.25) is 0 Å². The largest absolute Gasteiger partial charge is 0.467 e. The van der Waals surface area contributed by atoms with Gasteiger partial charge in [0.1, 0.15) is 6.04 Å². The fourth-order valence-electron chi connectivity index (χ4n) is 4.15. The van der Waals surface area contributed by atoms with Gasteiger partial charge in [0.25, 0.3) is 5.91 Å². The second kappa shape index (κ2) is 14.2. The Morgan fingerprint density at radius 2 is 1.91 bits per heavy atom. The minimum atomic E-state index is -0.675. The third kappa shape index (κ3) is 8.07. The summed E-state index contributed by atoms with van der Waals surface area (Å²) in [6.07, 6.45) is 2.49. The van der Waals surface area contributed by atoms with Crippen LogP contribution in [0.3, 0.4) is 0 Å². The summed E-state index contributed by atoms with van der Waals surface area (Å²) in [5.41, 5.74) is 4.61. The number of hydrogen-bond acceptors (Lipinski definition) is 7. The molecule has 1 saturated heterocycles. The van der Waals surface area contributed by atoms with E-state index < -0.39 is 12.0 Å². The van der Waals surface area contributed by atoms with Crippen LogP contribution in [0, 0.1) is 6.92 Å². The fraction of sp³-hybridized carbons (Fsp3) is 0.481. The molecule has 2 aromatic carbocycles. The van der Waals surface area contributed by atoms with E-state index in [0.29, 0.717) is 18.5 Å². The Morgan fingerprint density at radius 1 is 1.14 bits per heavy atom. The van der Waals surface area contributed by atoms with Gasteiger partial charge in [-0.05, 0) is 59.7 Å². The quantitative estimate of drug-likeness (QED) is 0.343. The van der Waals surface area contributed by atoms with Crippen LogP contribution in [-0.4, -0.2) is 81.3 Å². The number of morpholine rings is 1. The summed E-state index contributed by atoms with van der Waals surface area (Å²) in [6, 6.07) is 13.3. The lowest BCUT2D eigenvalue weighted by molar-refractivity contribution is -0.142. The molecule has 1 unspecified atom stereocenters. The topological polar surface area (TPSA) is 79.9 Å². The molecule has 0 bridgehead atoms. The second-order valence-electron chi connectivity index (χ2n) is 8.66. The zero-order valence-corrected chi connectivity index (χ0v) is 21.8. The lowest BCUT2D eigenvalue weighted by Gasteiger charge is -2.26. The van der Waals surface area contributed by atoms with Gasteiger partial charge in [0.05, 0.1) is 20.3 Å². The van der Waals surface area contributed by atoms with E-state index in [4.69, 9.17) is 9.47 Å². The lowest BCUT2D eigenvalue weighted by atomic mass is 9.93. The number of nitrogens with zero attached hydrogens (tertiary/aromatic N) is 1. The Morgan fingerprint density at radius 3 is 2.63 bits per heavy atom. The van der Waals surface area contributed by atoms with E-state index in [1.807, 2.05) is 49.6 Å². The number of nitrogens with one attached hydrogen (secondary N) is 2. The van der Waals surface area contributed by atoms with Gasteiger partial charge in [0.2, 0.25) is 0 Å². The van der Waals surface area contributed by atoms with Crippen molar-refractivity contribution >= 4 is 23.6 Å². The predicted molar refractivity (Wildman–Crippen MR) is 142 cm³/mol.